The number of hydrogen-bond acceptors (Lipinski definition) is 5. The number of para-hydroxylation sites is 2. The van der Waals surface area contributed by atoms with Gasteiger partial charge in [0.25, 0.3) is 0 Å². The summed E-state index contributed by atoms with van der Waals surface area (Å²) in [5, 5.41) is 3.73. The standard InChI is InChI=1S/C20H22ClN3O2S/c1-2-3-6-13-22-19-20(24-18-8-5-4-7-17(18)23-19)27(25,26)14-15-9-11-16(21)12-10-15/h4-5,7-12H,2-3,6,13-14H2,1H3,(H,22,23). The van der Waals surface area contributed by atoms with Crippen molar-refractivity contribution < 1.29 is 8.42 Å². The first kappa shape index (κ1) is 19.6. The van der Waals surface area contributed by atoms with E-state index in [4.69, 9.17) is 11.6 Å². The molecule has 0 aliphatic rings. The molecule has 0 unspecified atom stereocenters. The Morgan fingerprint density at radius 3 is 2.30 bits per heavy atom. The van der Waals surface area contributed by atoms with Gasteiger partial charge in [0.05, 0.1) is 16.8 Å². The first-order chi connectivity index (χ1) is 13.0. The number of fused-ring (bicyclic) bond motifs is 1. The van der Waals surface area contributed by atoms with Crippen LogP contribution in [0.2, 0.25) is 5.02 Å². The molecule has 0 aliphatic carbocycles. The molecule has 0 bridgehead atoms. The minimum Gasteiger partial charge on any atom is -0.368 e. The van der Waals surface area contributed by atoms with Gasteiger partial charge in [-0.05, 0) is 36.2 Å². The van der Waals surface area contributed by atoms with Crippen molar-refractivity contribution >= 4 is 38.3 Å². The molecule has 3 rings (SSSR count). The van der Waals surface area contributed by atoms with E-state index < -0.39 is 9.84 Å². The van der Waals surface area contributed by atoms with Crippen LogP contribution < -0.4 is 5.32 Å². The van der Waals surface area contributed by atoms with Crippen LogP contribution in [0.15, 0.2) is 53.6 Å². The van der Waals surface area contributed by atoms with Crippen LogP contribution in [0.25, 0.3) is 11.0 Å². The van der Waals surface area contributed by atoms with E-state index in [0.717, 1.165) is 19.3 Å². The van der Waals surface area contributed by atoms with Crippen LogP contribution in [0.1, 0.15) is 31.7 Å². The van der Waals surface area contributed by atoms with Crippen LogP contribution in [0.3, 0.4) is 0 Å². The van der Waals surface area contributed by atoms with Crippen molar-refractivity contribution in [2.24, 2.45) is 0 Å². The summed E-state index contributed by atoms with van der Waals surface area (Å²) in [6, 6.07) is 14.1. The van der Waals surface area contributed by atoms with Gasteiger partial charge in [-0.1, -0.05) is 55.6 Å². The SMILES string of the molecule is CCCCCNc1nc2ccccc2nc1S(=O)(=O)Cc1ccc(Cl)cc1. The number of anilines is 1. The van der Waals surface area contributed by atoms with Gasteiger partial charge in [0.2, 0.25) is 9.84 Å². The van der Waals surface area contributed by atoms with Crippen molar-refractivity contribution in [1.29, 1.82) is 0 Å². The molecule has 0 saturated heterocycles. The molecule has 0 radical (unpaired) electrons. The van der Waals surface area contributed by atoms with Gasteiger partial charge in [-0.15, -0.1) is 0 Å². The number of benzene rings is 2. The molecular formula is C20H22ClN3O2S. The second kappa shape index (κ2) is 8.67. The van der Waals surface area contributed by atoms with Gasteiger partial charge in [-0.25, -0.2) is 18.4 Å². The topological polar surface area (TPSA) is 72.0 Å². The van der Waals surface area contributed by atoms with Crippen LogP contribution >= 0.6 is 11.6 Å². The van der Waals surface area contributed by atoms with E-state index in [-0.39, 0.29) is 10.8 Å². The Morgan fingerprint density at radius 2 is 1.63 bits per heavy atom. The number of sulfone groups is 1. The Morgan fingerprint density at radius 1 is 0.963 bits per heavy atom. The third-order valence-electron chi connectivity index (χ3n) is 4.18. The van der Waals surface area contributed by atoms with Crippen molar-refractivity contribution in [3.05, 3.63) is 59.1 Å². The minimum atomic E-state index is -3.67. The van der Waals surface area contributed by atoms with Gasteiger partial charge < -0.3 is 5.32 Å². The molecule has 5 nitrogen and oxygen atoms in total. The van der Waals surface area contributed by atoms with E-state index in [1.54, 1.807) is 30.3 Å². The highest BCUT2D eigenvalue weighted by atomic mass is 35.5. The molecule has 0 fully saturated rings. The second-order valence-electron chi connectivity index (χ2n) is 6.39. The largest absolute Gasteiger partial charge is 0.368 e. The Bertz CT molecular complexity index is 1020. The molecule has 1 aromatic heterocycles. The Balaban J connectivity index is 1.97. The summed E-state index contributed by atoms with van der Waals surface area (Å²) < 4.78 is 26.1. The van der Waals surface area contributed by atoms with Gasteiger partial charge in [-0.2, -0.15) is 0 Å². The fourth-order valence-electron chi connectivity index (χ4n) is 2.77. The summed E-state index contributed by atoms with van der Waals surface area (Å²) in [4.78, 5) is 8.94. The van der Waals surface area contributed by atoms with Gasteiger partial charge >= 0.3 is 0 Å². The Labute approximate surface area is 164 Å². The van der Waals surface area contributed by atoms with E-state index >= 15 is 0 Å². The highest BCUT2D eigenvalue weighted by Crippen LogP contribution is 2.25. The van der Waals surface area contributed by atoms with Crippen molar-refractivity contribution in [3.8, 4) is 0 Å². The first-order valence-corrected chi connectivity index (χ1v) is 11.0. The van der Waals surface area contributed by atoms with E-state index in [1.807, 2.05) is 18.2 Å². The predicted octanol–water partition coefficient (Wildman–Crippen LogP) is 4.86. The summed E-state index contributed by atoms with van der Waals surface area (Å²) >= 11 is 5.89. The third-order valence-corrected chi connectivity index (χ3v) is 6.02. The summed E-state index contributed by atoms with van der Waals surface area (Å²) in [6.07, 6.45) is 3.11. The molecular weight excluding hydrogens is 382 g/mol. The number of hydrogen-bond donors (Lipinski definition) is 1. The average Bonchev–Trinajstić information content (AvgIpc) is 2.66. The maximum absolute atomic E-state index is 13.1. The smallest absolute Gasteiger partial charge is 0.203 e. The van der Waals surface area contributed by atoms with Crippen molar-refractivity contribution in [2.75, 3.05) is 11.9 Å². The van der Waals surface area contributed by atoms with E-state index in [1.165, 1.54) is 0 Å². The lowest BCUT2D eigenvalue weighted by molar-refractivity contribution is 0.592. The number of rotatable bonds is 8. The summed E-state index contributed by atoms with van der Waals surface area (Å²) in [7, 11) is -3.67. The number of unbranched alkanes of at least 4 members (excludes halogenated alkanes) is 2. The minimum absolute atomic E-state index is 0.00681. The van der Waals surface area contributed by atoms with E-state index in [0.29, 0.717) is 34.0 Å². The molecule has 27 heavy (non-hydrogen) atoms. The maximum atomic E-state index is 13.1. The van der Waals surface area contributed by atoms with Gasteiger partial charge in [0.15, 0.2) is 10.8 Å². The predicted molar refractivity (Wildman–Crippen MR) is 110 cm³/mol. The molecule has 1 heterocycles. The number of halogens is 1. The van der Waals surface area contributed by atoms with E-state index in [9.17, 15) is 8.42 Å². The molecule has 3 aromatic rings. The number of nitrogens with one attached hydrogen (secondary N) is 1. The lowest BCUT2D eigenvalue weighted by Gasteiger charge is -2.12. The summed E-state index contributed by atoms with van der Waals surface area (Å²) in [5.74, 6) is 0.166. The van der Waals surface area contributed by atoms with Gasteiger partial charge in [-0.3, -0.25) is 0 Å². The fourth-order valence-corrected chi connectivity index (χ4v) is 4.31. The quantitative estimate of drug-likeness (QED) is 0.544. The highest BCUT2D eigenvalue weighted by molar-refractivity contribution is 7.90. The van der Waals surface area contributed by atoms with Crippen LogP contribution in [-0.2, 0) is 15.6 Å². The van der Waals surface area contributed by atoms with Crippen molar-refractivity contribution in [3.63, 3.8) is 0 Å². The molecule has 0 saturated carbocycles. The van der Waals surface area contributed by atoms with Crippen LogP contribution in [0, 0.1) is 0 Å². The lowest BCUT2D eigenvalue weighted by Crippen LogP contribution is -2.14. The molecule has 1 N–H and O–H groups in total. The van der Waals surface area contributed by atoms with Gasteiger partial charge in [0, 0.05) is 11.6 Å². The Kier molecular flexibility index (Phi) is 6.29. The fraction of sp³-hybridized carbons (Fsp3) is 0.300. The normalized spacial score (nSPS) is 11.6. The zero-order valence-corrected chi connectivity index (χ0v) is 16.7. The zero-order valence-electron chi connectivity index (χ0n) is 15.2. The average molecular weight is 404 g/mol. The van der Waals surface area contributed by atoms with Crippen molar-refractivity contribution in [1.82, 2.24) is 9.97 Å². The maximum Gasteiger partial charge on any atom is 0.203 e. The van der Waals surface area contributed by atoms with Gasteiger partial charge in [0.1, 0.15) is 0 Å². The van der Waals surface area contributed by atoms with Crippen LogP contribution in [0.4, 0.5) is 5.82 Å². The zero-order chi connectivity index (χ0) is 19.3. The second-order valence-corrected chi connectivity index (χ2v) is 8.73. The molecule has 2 aromatic carbocycles. The molecule has 7 heteroatoms. The monoisotopic (exact) mass is 403 g/mol. The number of aromatic nitrogens is 2. The highest BCUT2D eigenvalue weighted by Gasteiger charge is 2.23. The lowest BCUT2D eigenvalue weighted by atomic mass is 10.2. The Hall–Kier alpha value is -2.18. The van der Waals surface area contributed by atoms with Crippen molar-refractivity contribution in [2.45, 2.75) is 37.0 Å². The third kappa shape index (κ3) is 4.96. The molecule has 0 aliphatic heterocycles. The first-order valence-electron chi connectivity index (χ1n) is 8.97. The molecule has 0 amide bonds. The van der Waals surface area contributed by atoms with Crippen LogP contribution in [-0.4, -0.2) is 24.9 Å². The number of nitrogens with zero attached hydrogens (tertiary/aromatic N) is 2. The van der Waals surface area contributed by atoms with Crippen LogP contribution in [0.5, 0.6) is 0 Å². The summed E-state index contributed by atoms with van der Waals surface area (Å²) in [5.41, 5.74) is 1.89. The summed E-state index contributed by atoms with van der Waals surface area (Å²) in [6.45, 7) is 2.78. The molecule has 0 atom stereocenters. The molecule has 0 spiro atoms. The molecule has 142 valence electrons. The van der Waals surface area contributed by atoms with E-state index in [2.05, 4.69) is 22.2 Å².